The molecule has 4 nitrogen and oxygen atoms in total. The van der Waals surface area contributed by atoms with Gasteiger partial charge in [0.05, 0.1) is 12.8 Å². The summed E-state index contributed by atoms with van der Waals surface area (Å²) in [6.45, 7) is 0. The van der Waals surface area contributed by atoms with E-state index >= 15 is 0 Å². The molecule has 0 atom stereocenters. The van der Waals surface area contributed by atoms with Crippen molar-refractivity contribution in [2.45, 2.75) is 0 Å². The molecule has 1 aromatic carbocycles. The Hall–Kier alpha value is -2.01. The average Bonchev–Trinajstić information content (AvgIpc) is 2.81. The highest BCUT2D eigenvalue weighted by Crippen LogP contribution is 2.26. The van der Waals surface area contributed by atoms with Crippen molar-refractivity contribution in [1.82, 2.24) is 4.57 Å². The molecule has 5 heteroatoms. The summed E-state index contributed by atoms with van der Waals surface area (Å²) in [6, 6.07) is 9.62. The average molecular weight is 247 g/mol. The predicted molar refractivity (Wildman–Crippen MR) is 72.7 cm³/mol. The van der Waals surface area contributed by atoms with E-state index < -0.39 is 0 Å². The van der Waals surface area contributed by atoms with Crippen LogP contribution in [-0.2, 0) is 0 Å². The summed E-state index contributed by atoms with van der Waals surface area (Å²) in [5.74, 6) is 0.752. The van der Waals surface area contributed by atoms with Crippen LogP contribution in [0.1, 0.15) is 0 Å². The number of aromatic nitrogens is 1. The van der Waals surface area contributed by atoms with Gasteiger partial charge in [-0.25, -0.2) is 0 Å². The van der Waals surface area contributed by atoms with E-state index in [-0.39, 0.29) is 5.11 Å². The van der Waals surface area contributed by atoms with Gasteiger partial charge in [-0.3, -0.25) is 0 Å². The quantitative estimate of drug-likeness (QED) is 0.816. The van der Waals surface area contributed by atoms with Crippen molar-refractivity contribution >= 4 is 23.0 Å². The van der Waals surface area contributed by atoms with Crippen molar-refractivity contribution in [3.05, 3.63) is 42.7 Å². The molecule has 0 spiro atoms. The Kier molecular flexibility index (Phi) is 3.30. The number of anilines is 1. The number of rotatable bonds is 3. The van der Waals surface area contributed by atoms with Crippen LogP contribution in [0.15, 0.2) is 42.7 Å². The van der Waals surface area contributed by atoms with E-state index in [4.69, 9.17) is 22.7 Å². The van der Waals surface area contributed by atoms with Crippen LogP contribution >= 0.6 is 12.2 Å². The van der Waals surface area contributed by atoms with Crippen LogP contribution in [0.3, 0.4) is 0 Å². The number of benzene rings is 1. The Morgan fingerprint density at radius 3 is 2.65 bits per heavy atom. The maximum absolute atomic E-state index is 5.42. The summed E-state index contributed by atoms with van der Waals surface area (Å²) >= 11 is 4.79. The van der Waals surface area contributed by atoms with Gasteiger partial charge in [-0.15, -0.1) is 0 Å². The number of hydrogen-bond acceptors (Lipinski definition) is 2. The lowest BCUT2D eigenvalue weighted by Gasteiger charge is -2.12. The molecule has 0 saturated carbocycles. The van der Waals surface area contributed by atoms with Crippen LogP contribution in [0.25, 0.3) is 5.69 Å². The number of ether oxygens (including phenoxy) is 1. The minimum absolute atomic E-state index is 0.237. The predicted octanol–water partition coefficient (Wildman–Crippen LogP) is 2.14. The van der Waals surface area contributed by atoms with Gasteiger partial charge in [0.1, 0.15) is 5.75 Å². The van der Waals surface area contributed by atoms with E-state index in [2.05, 4.69) is 5.32 Å². The molecule has 2 rings (SSSR count). The Balaban J connectivity index is 2.38. The molecule has 0 aliphatic heterocycles. The van der Waals surface area contributed by atoms with Crippen molar-refractivity contribution in [2.75, 3.05) is 12.4 Å². The van der Waals surface area contributed by atoms with Crippen molar-refractivity contribution in [1.29, 1.82) is 0 Å². The topological polar surface area (TPSA) is 52.2 Å². The lowest BCUT2D eigenvalue weighted by atomic mass is 10.2. The van der Waals surface area contributed by atoms with E-state index in [1.165, 1.54) is 0 Å². The van der Waals surface area contributed by atoms with Gasteiger partial charge in [0.25, 0.3) is 0 Å². The first-order valence-electron chi connectivity index (χ1n) is 5.08. The summed E-state index contributed by atoms with van der Waals surface area (Å²) in [4.78, 5) is 0. The second-order valence-electron chi connectivity index (χ2n) is 3.47. The lowest BCUT2D eigenvalue weighted by molar-refractivity contribution is 0.413. The Morgan fingerprint density at radius 1 is 1.35 bits per heavy atom. The van der Waals surface area contributed by atoms with E-state index in [0.717, 1.165) is 17.1 Å². The third kappa shape index (κ3) is 2.57. The molecule has 0 saturated heterocycles. The van der Waals surface area contributed by atoms with Crippen molar-refractivity contribution in [3.8, 4) is 11.4 Å². The second kappa shape index (κ2) is 4.88. The first-order chi connectivity index (χ1) is 8.20. The van der Waals surface area contributed by atoms with E-state index in [0.29, 0.717) is 0 Å². The second-order valence-corrected chi connectivity index (χ2v) is 3.91. The highest BCUT2D eigenvalue weighted by Gasteiger charge is 2.05. The van der Waals surface area contributed by atoms with Crippen LogP contribution in [-0.4, -0.2) is 16.8 Å². The molecule has 0 aliphatic rings. The van der Waals surface area contributed by atoms with Crippen molar-refractivity contribution < 1.29 is 4.74 Å². The van der Waals surface area contributed by atoms with Crippen LogP contribution in [0, 0.1) is 0 Å². The molecule has 17 heavy (non-hydrogen) atoms. The molecule has 0 fully saturated rings. The highest BCUT2D eigenvalue weighted by atomic mass is 32.1. The van der Waals surface area contributed by atoms with Gasteiger partial charge < -0.3 is 20.4 Å². The van der Waals surface area contributed by atoms with Crippen LogP contribution in [0.2, 0.25) is 0 Å². The van der Waals surface area contributed by atoms with Gasteiger partial charge in [0, 0.05) is 24.1 Å². The Morgan fingerprint density at radius 2 is 2.06 bits per heavy atom. The van der Waals surface area contributed by atoms with Crippen LogP contribution in [0.4, 0.5) is 5.69 Å². The van der Waals surface area contributed by atoms with E-state index in [1.807, 2.05) is 47.3 Å². The van der Waals surface area contributed by atoms with Gasteiger partial charge in [0.2, 0.25) is 0 Å². The number of thiocarbonyl (C=S) groups is 1. The van der Waals surface area contributed by atoms with Gasteiger partial charge in [-0.05, 0) is 36.5 Å². The minimum atomic E-state index is 0.237. The molecule has 0 amide bonds. The first kappa shape index (κ1) is 11.5. The number of nitrogens with zero attached hydrogens (tertiary/aromatic N) is 1. The molecule has 88 valence electrons. The molecule has 0 bridgehead atoms. The number of methoxy groups -OCH3 is 1. The number of hydrogen-bond donors (Lipinski definition) is 2. The van der Waals surface area contributed by atoms with Gasteiger partial charge in [0.15, 0.2) is 5.11 Å². The summed E-state index contributed by atoms with van der Waals surface area (Å²) in [6.07, 6.45) is 3.91. The maximum Gasteiger partial charge on any atom is 0.168 e. The molecule has 2 aromatic rings. The monoisotopic (exact) mass is 247 g/mol. The summed E-state index contributed by atoms with van der Waals surface area (Å²) in [5.41, 5.74) is 7.20. The van der Waals surface area contributed by atoms with Crippen LogP contribution < -0.4 is 15.8 Å². The zero-order chi connectivity index (χ0) is 12.3. The smallest absolute Gasteiger partial charge is 0.168 e. The highest BCUT2D eigenvalue weighted by molar-refractivity contribution is 7.80. The van der Waals surface area contributed by atoms with Gasteiger partial charge >= 0.3 is 0 Å². The fourth-order valence-electron chi connectivity index (χ4n) is 1.61. The van der Waals surface area contributed by atoms with Crippen LogP contribution in [0.5, 0.6) is 5.75 Å². The van der Waals surface area contributed by atoms with Crippen molar-refractivity contribution in [3.63, 3.8) is 0 Å². The summed E-state index contributed by atoms with van der Waals surface area (Å²) < 4.78 is 7.32. The van der Waals surface area contributed by atoms with E-state index in [1.54, 1.807) is 7.11 Å². The molecule has 0 aliphatic carbocycles. The molecular formula is C12H13N3OS. The largest absolute Gasteiger partial charge is 0.494 e. The molecular weight excluding hydrogens is 234 g/mol. The number of nitrogens with two attached hydrogens (primary N) is 1. The Bertz CT molecular complexity index is 523. The fraction of sp³-hybridized carbons (Fsp3) is 0.0833. The minimum Gasteiger partial charge on any atom is -0.494 e. The van der Waals surface area contributed by atoms with Gasteiger partial charge in [-0.1, -0.05) is 0 Å². The summed E-state index contributed by atoms with van der Waals surface area (Å²) in [5, 5.41) is 3.11. The third-order valence-corrected chi connectivity index (χ3v) is 2.43. The zero-order valence-electron chi connectivity index (χ0n) is 9.38. The molecule has 0 unspecified atom stereocenters. The lowest BCUT2D eigenvalue weighted by Crippen LogP contribution is -2.18. The van der Waals surface area contributed by atoms with Gasteiger partial charge in [-0.2, -0.15) is 0 Å². The normalized spacial score (nSPS) is 9.94. The van der Waals surface area contributed by atoms with Crippen molar-refractivity contribution in [2.24, 2.45) is 5.73 Å². The zero-order valence-corrected chi connectivity index (χ0v) is 10.2. The standard InChI is InChI=1S/C12H13N3OS/c1-16-11-8-9(14-12(13)17)4-5-10(11)15-6-2-3-7-15/h2-8H,1H3,(H3,13,14,17). The molecule has 3 N–H and O–H groups in total. The van der Waals surface area contributed by atoms with E-state index in [9.17, 15) is 0 Å². The first-order valence-corrected chi connectivity index (χ1v) is 5.49. The molecule has 0 radical (unpaired) electrons. The Labute approximate surface area is 105 Å². The fourth-order valence-corrected chi connectivity index (χ4v) is 1.72. The molecule has 1 aromatic heterocycles. The molecule has 1 heterocycles. The SMILES string of the molecule is COc1cc(NC(N)=S)ccc1-n1cccc1. The summed E-state index contributed by atoms with van der Waals surface area (Å²) in [7, 11) is 1.63. The third-order valence-electron chi connectivity index (χ3n) is 2.33. The maximum atomic E-state index is 5.42. The number of nitrogens with one attached hydrogen (secondary N) is 1.